The van der Waals surface area contributed by atoms with Crippen LogP contribution in [0.3, 0.4) is 0 Å². The summed E-state index contributed by atoms with van der Waals surface area (Å²) >= 11 is 0. The number of ether oxygens (including phenoxy) is 1. The third-order valence-electron chi connectivity index (χ3n) is 10.0. The van der Waals surface area contributed by atoms with Crippen LogP contribution in [0.1, 0.15) is 48.0 Å². The van der Waals surface area contributed by atoms with Gasteiger partial charge in [0.25, 0.3) is 5.91 Å². The molecule has 1 N–H and O–H groups in total. The molecule has 0 atom stereocenters. The van der Waals surface area contributed by atoms with Crippen LogP contribution in [0, 0.1) is 0 Å². The van der Waals surface area contributed by atoms with Gasteiger partial charge in [-0.1, -0.05) is 60.7 Å². The number of hydrogen-bond acceptors (Lipinski definition) is 6. The number of piperidine rings is 2. The second-order valence-corrected chi connectivity index (χ2v) is 13.5. The monoisotopic (exact) mass is 666 g/mol. The van der Waals surface area contributed by atoms with Gasteiger partial charge in [0.2, 0.25) is 0 Å². The Morgan fingerprint density at radius 1 is 0.735 bits per heavy atom. The molecule has 3 saturated heterocycles. The zero-order chi connectivity index (χ0) is 34.0. The largest absolute Gasteiger partial charge is 0.446 e. The maximum atomic E-state index is 13.2. The van der Waals surface area contributed by atoms with E-state index in [2.05, 4.69) is 15.1 Å². The van der Waals surface area contributed by atoms with Gasteiger partial charge < -0.3 is 24.3 Å². The molecule has 0 saturated carbocycles. The summed E-state index contributed by atoms with van der Waals surface area (Å²) in [5, 5.41) is 2.94. The van der Waals surface area contributed by atoms with Crippen molar-refractivity contribution in [2.75, 3.05) is 77.8 Å². The second-order valence-electron chi connectivity index (χ2n) is 13.5. The van der Waals surface area contributed by atoms with E-state index in [9.17, 15) is 14.4 Å². The van der Waals surface area contributed by atoms with Gasteiger partial charge in [-0.25, -0.2) is 9.59 Å². The number of amides is 4. The fourth-order valence-corrected chi connectivity index (χ4v) is 7.01. The Morgan fingerprint density at radius 3 is 2.10 bits per heavy atom. The average molecular weight is 667 g/mol. The zero-order valence-electron chi connectivity index (χ0n) is 28.8. The van der Waals surface area contributed by atoms with Crippen LogP contribution in [-0.2, 0) is 11.3 Å². The minimum atomic E-state index is -0.430. The Bertz CT molecular complexity index is 1530. The molecule has 6 rings (SSSR count). The van der Waals surface area contributed by atoms with Gasteiger partial charge in [-0.3, -0.25) is 15.0 Å². The van der Waals surface area contributed by atoms with E-state index >= 15 is 0 Å². The van der Waals surface area contributed by atoms with E-state index in [0.717, 1.165) is 108 Å². The summed E-state index contributed by atoms with van der Waals surface area (Å²) in [5.41, 5.74) is 4.59. The average Bonchev–Trinajstić information content (AvgIpc) is 3.15. The van der Waals surface area contributed by atoms with Crippen LogP contribution in [-0.4, -0.2) is 121 Å². The molecule has 0 aromatic heterocycles. The molecule has 3 heterocycles. The van der Waals surface area contributed by atoms with Gasteiger partial charge in [-0.05, 0) is 61.4 Å². The number of likely N-dealkylation sites (tertiary alicyclic amines) is 2. The number of hydrogen-bond donors (Lipinski definition) is 1. The van der Waals surface area contributed by atoms with Gasteiger partial charge in [0, 0.05) is 90.2 Å². The van der Waals surface area contributed by atoms with Crippen LogP contribution < -0.4 is 5.32 Å². The summed E-state index contributed by atoms with van der Waals surface area (Å²) in [4.78, 5) is 49.3. The number of piperazine rings is 1. The molecule has 3 aliphatic heterocycles. The van der Waals surface area contributed by atoms with E-state index < -0.39 is 6.09 Å². The summed E-state index contributed by atoms with van der Waals surface area (Å²) in [6, 6.07) is 25.9. The molecule has 0 aliphatic carbocycles. The van der Waals surface area contributed by atoms with E-state index in [1.807, 2.05) is 95.7 Å². The van der Waals surface area contributed by atoms with Crippen LogP contribution in [0.15, 0.2) is 78.9 Å². The smallest absolute Gasteiger partial charge is 0.411 e. The SMILES string of the molecule is CN(CCN1CCC(OC(=O)Nc2ccccc2-c2ccccc2)CC1)C(=O)c1ccc(CN2CCN(C(=O)N3CCCCC3)CC2)cc1. The summed E-state index contributed by atoms with van der Waals surface area (Å²) in [5.74, 6) is 0.0158. The highest BCUT2D eigenvalue weighted by Crippen LogP contribution is 2.28. The summed E-state index contributed by atoms with van der Waals surface area (Å²) < 4.78 is 5.79. The predicted molar refractivity (Wildman–Crippen MR) is 193 cm³/mol. The zero-order valence-corrected chi connectivity index (χ0v) is 28.8. The highest BCUT2D eigenvalue weighted by molar-refractivity contribution is 5.94. The molecule has 3 aromatic rings. The molecular weight excluding hydrogens is 616 g/mol. The van der Waals surface area contributed by atoms with Gasteiger partial charge in [0.15, 0.2) is 0 Å². The van der Waals surface area contributed by atoms with Crippen molar-refractivity contribution in [2.24, 2.45) is 0 Å². The molecule has 3 fully saturated rings. The number of likely N-dealkylation sites (N-methyl/N-ethyl adjacent to an activating group) is 1. The highest BCUT2D eigenvalue weighted by Gasteiger charge is 2.27. The molecule has 0 radical (unpaired) electrons. The molecular formula is C39H50N6O4. The standard InChI is InChI=1S/C39H50N6O4/c1-41(37(46)33-16-14-31(15-17-33)30-43-26-28-45(29-27-43)39(48)44-20-8-3-9-21-44)24-25-42-22-18-34(19-23-42)49-38(47)40-36-13-7-6-12-35(36)32-10-4-2-5-11-32/h2,4-7,10-17,34H,3,8-9,18-30H2,1H3,(H,40,47). The number of nitrogens with one attached hydrogen (secondary N) is 1. The van der Waals surface area contributed by atoms with Gasteiger partial charge in [0.05, 0.1) is 5.69 Å². The number of nitrogens with zero attached hydrogens (tertiary/aromatic N) is 5. The van der Waals surface area contributed by atoms with Gasteiger partial charge in [-0.2, -0.15) is 0 Å². The van der Waals surface area contributed by atoms with Gasteiger partial charge >= 0.3 is 12.1 Å². The molecule has 10 heteroatoms. The Morgan fingerprint density at radius 2 is 1.39 bits per heavy atom. The van der Waals surface area contributed by atoms with Crippen molar-refractivity contribution in [1.29, 1.82) is 0 Å². The third-order valence-corrected chi connectivity index (χ3v) is 10.0. The molecule has 0 spiro atoms. The Kier molecular flexibility index (Phi) is 11.8. The predicted octanol–water partition coefficient (Wildman–Crippen LogP) is 5.86. The summed E-state index contributed by atoms with van der Waals surface area (Å²) in [6.07, 6.45) is 4.41. The lowest BCUT2D eigenvalue weighted by atomic mass is 10.0. The first-order valence-corrected chi connectivity index (χ1v) is 17.9. The number of rotatable bonds is 9. The molecule has 4 amide bonds. The molecule has 10 nitrogen and oxygen atoms in total. The number of urea groups is 1. The second kappa shape index (κ2) is 16.8. The number of para-hydroxylation sites is 1. The topological polar surface area (TPSA) is 88.7 Å². The lowest BCUT2D eigenvalue weighted by Gasteiger charge is -2.38. The van der Waals surface area contributed by atoms with Crippen molar-refractivity contribution >= 4 is 23.7 Å². The highest BCUT2D eigenvalue weighted by atomic mass is 16.6. The van der Waals surface area contributed by atoms with E-state index in [1.54, 1.807) is 4.90 Å². The Balaban J connectivity index is 0.882. The minimum Gasteiger partial charge on any atom is -0.446 e. The van der Waals surface area contributed by atoms with E-state index in [1.165, 1.54) is 12.0 Å². The lowest BCUT2D eigenvalue weighted by Crippen LogP contribution is -2.53. The minimum absolute atomic E-state index is 0.0158. The molecule has 0 unspecified atom stereocenters. The molecule has 49 heavy (non-hydrogen) atoms. The van der Waals surface area contributed by atoms with Crippen molar-refractivity contribution in [3.8, 4) is 11.1 Å². The van der Waals surface area contributed by atoms with Crippen LogP contribution in [0.4, 0.5) is 15.3 Å². The van der Waals surface area contributed by atoms with Crippen LogP contribution in [0.25, 0.3) is 11.1 Å². The van der Waals surface area contributed by atoms with Crippen molar-refractivity contribution in [2.45, 2.75) is 44.8 Å². The van der Waals surface area contributed by atoms with Crippen LogP contribution >= 0.6 is 0 Å². The molecule has 260 valence electrons. The molecule has 0 bridgehead atoms. The van der Waals surface area contributed by atoms with Crippen LogP contribution in [0.2, 0.25) is 0 Å². The van der Waals surface area contributed by atoms with E-state index in [-0.39, 0.29) is 18.0 Å². The summed E-state index contributed by atoms with van der Waals surface area (Å²) in [7, 11) is 1.86. The fourth-order valence-electron chi connectivity index (χ4n) is 7.01. The first kappa shape index (κ1) is 34.5. The molecule has 3 aromatic carbocycles. The number of carbonyl (C=O) groups excluding carboxylic acids is 3. The van der Waals surface area contributed by atoms with Crippen molar-refractivity contribution in [3.63, 3.8) is 0 Å². The van der Waals surface area contributed by atoms with Crippen LogP contribution in [0.5, 0.6) is 0 Å². The fraction of sp³-hybridized carbons (Fsp3) is 0.462. The van der Waals surface area contributed by atoms with Gasteiger partial charge in [0.1, 0.15) is 6.10 Å². The van der Waals surface area contributed by atoms with Crippen molar-refractivity contribution in [1.82, 2.24) is 24.5 Å². The Labute approximate surface area is 290 Å². The van der Waals surface area contributed by atoms with Crippen molar-refractivity contribution < 1.29 is 19.1 Å². The normalized spacial score (nSPS) is 17.8. The molecule has 3 aliphatic rings. The first-order valence-electron chi connectivity index (χ1n) is 17.9. The third kappa shape index (κ3) is 9.39. The lowest BCUT2D eigenvalue weighted by molar-refractivity contribution is 0.0540. The number of benzene rings is 3. The van der Waals surface area contributed by atoms with E-state index in [0.29, 0.717) is 12.1 Å². The quantitative estimate of drug-likeness (QED) is 0.308. The first-order chi connectivity index (χ1) is 23.9. The van der Waals surface area contributed by atoms with E-state index in [4.69, 9.17) is 4.74 Å². The Hall–Kier alpha value is -4.41. The van der Waals surface area contributed by atoms with Gasteiger partial charge in [-0.15, -0.1) is 0 Å². The maximum absolute atomic E-state index is 13.2. The number of anilines is 1. The summed E-state index contributed by atoms with van der Waals surface area (Å²) in [6.45, 7) is 8.89. The maximum Gasteiger partial charge on any atom is 0.411 e. The van der Waals surface area contributed by atoms with Crippen molar-refractivity contribution in [3.05, 3.63) is 90.0 Å². The number of carbonyl (C=O) groups is 3.